The first-order valence-corrected chi connectivity index (χ1v) is 10.4. The van der Waals surface area contributed by atoms with Crippen LogP contribution in [0.3, 0.4) is 0 Å². The van der Waals surface area contributed by atoms with E-state index in [1.807, 2.05) is 0 Å². The molecule has 2 aromatic carbocycles. The van der Waals surface area contributed by atoms with E-state index in [4.69, 9.17) is 4.74 Å². The Hall–Kier alpha value is -1.05. The standard InChI is InChI=1S/C20H26O5S.Na/c1-2-3-4-5-6-7-8-16-9-14-19(20(15-16)26(22,23)24)25-18-12-10-17(21)11-13-18;/h9-15,21H,2-8H2,1H3,(H,22,23,24);/q;+1/p-1. The van der Waals surface area contributed by atoms with Gasteiger partial charge in [0, 0.05) is 0 Å². The first-order chi connectivity index (χ1) is 12.4. The van der Waals surface area contributed by atoms with Crippen LogP contribution >= 0.6 is 0 Å². The SMILES string of the molecule is CCCCCCCCc1ccc(Oc2ccc([O-])cc2)c(S(=O)(=O)O)c1.[Na+]. The minimum absolute atomic E-state index is 0. The van der Waals surface area contributed by atoms with Crippen molar-refractivity contribution in [1.82, 2.24) is 0 Å². The molecule has 0 saturated carbocycles. The van der Waals surface area contributed by atoms with E-state index >= 15 is 0 Å². The molecule has 0 aliphatic rings. The molecular formula is C20H25NaO5S. The summed E-state index contributed by atoms with van der Waals surface area (Å²) in [6, 6.07) is 10.4. The Morgan fingerprint density at radius 1 is 0.963 bits per heavy atom. The molecular weight excluding hydrogens is 375 g/mol. The van der Waals surface area contributed by atoms with E-state index in [0.29, 0.717) is 5.75 Å². The third-order valence-electron chi connectivity index (χ3n) is 4.16. The van der Waals surface area contributed by atoms with Crippen LogP contribution in [0.15, 0.2) is 47.4 Å². The number of hydrogen-bond acceptors (Lipinski definition) is 4. The van der Waals surface area contributed by atoms with Gasteiger partial charge in [-0.15, -0.1) is 5.75 Å². The van der Waals surface area contributed by atoms with Crippen molar-refractivity contribution >= 4 is 10.1 Å². The number of aryl methyl sites for hydroxylation is 1. The molecule has 0 bridgehead atoms. The summed E-state index contributed by atoms with van der Waals surface area (Å²) in [5.74, 6) is 0.206. The number of hydrogen-bond donors (Lipinski definition) is 1. The molecule has 2 rings (SSSR count). The molecule has 0 unspecified atom stereocenters. The Morgan fingerprint density at radius 2 is 1.59 bits per heavy atom. The van der Waals surface area contributed by atoms with Crippen LogP contribution in [0.2, 0.25) is 0 Å². The number of benzene rings is 2. The fourth-order valence-corrected chi connectivity index (χ4v) is 3.40. The fraction of sp³-hybridized carbons (Fsp3) is 0.400. The maximum Gasteiger partial charge on any atom is 1.00 e. The average molecular weight is 400 g/mol. The summed E-state index contributed by atoms with van der Waals surface area (Å²) in [5, 5.41) is 11.1. The quantitative estimate of drug-likeness (QED) is 0.373. The van der Waals surface area contributed by atoms with Crippen molar-refractivity contribution in [2.24, 2.45) is 0 Å². The molecule has 0 aliphatic heterocycles. The van der Waals surface area contributed by atoms with Gasteiger partial charge in [-0.1, -0.05) is 57.2 Å². The summed E-state index contributed by atoms with van der Waals surface area (Å²) in [7, 11) is -4.41. The van der Waals surface area contributed by atoms with Crippen LogP contribution < -0.4 is 39.4 Å². The topological polar surface area (TPSA) is 86.7 Å². The minimum atomic E-state index is -4.41. The van der Waals surface area contributed by atoms with E-state index in [1.54, 1.807) is 12.1 Å². The first-order valence-electron chi connectivity index (χ1n) is 8.95. The fourth-order valence-electron chi connectivity index (χ4n) is 2.74. The summed E-state index contributed by atoms with van der Waals surface area (Å²) in [4.78, 5) is -0.257. The van der Waals surface area contributed by atoms with Crippen LogP contribution in [-0.2, 0) is 16.5 Å². The molecule has 0 fully saturated rings. The van der Waals surface area contributed by atoms with Crippen molar-refractivity contribution in [3.05, 3.63) is 48.0 Å². The van der Waals surface area contributed by atoms with E-state index in [2.05, 4.69) is 6.92 Å². The smallest absolute Gasteiger partial charge is 0.872 e. The van der Waals surface area contributed by atoms with Gasteiger partial charge in [0.2, 0.25) is 0 Å². The van der Waals surface area contributed by atoms with Gasteiger partial charge in [0.15, 0.2) is 0 Å². The maximum absolute atomic E-state index is 11.7. The maximum atomic E-state index is 11.7. The van der Waals surface area contributed by atoms with Gasteiger partial charge in [0.1, 0.15) is 16.4 Å². The zero-order chi connectivity index (χ0) is 19.0. The second-order valence-corrected chi connectivity index (χ2v) is 7.74. The zero-order valence-electron chi connectivity index (χ0n) is 16.0. The van der Waals surface area contributed by atoms with Gasteiger partial charge in [-0.25, -0.2) is 0 Å². The molecule has 0 heterocycles. The third kappa shape index (κ3) is 8.23. The van der Waals surface area contributed by atoms with Gasteiger partial charge in [0.25, 0.3) is 10.1 Å². The minimum Gasteiger partial charge on any atom is -0.872 e. The number of unbranched alkanes of at least 4 members (excludes halogenated alkanes) is 5. The average Bonchev–Trinajstić information content (AvgIpc) is 2.60. The van der Waals surface area contributed by atoms with Gasteiger partial charge >= 0.3 is 29.6 Å². The van der Waals surface area contributed by atoms with Crippen LogP contribution in [0.4, 0.5) is 0 Å². The third-order valence-corrected chi connectivity index (χ3v) is 5.03. The van der Waals surface area contributed by atoms with Crippen molar-refractivity contribution in [3.63, 3.8) is 0 Å². The van der Waals surface area contributed by atoms with Crippen molar-refractivity contribution in [3.8, 4) is 17.2 Å². The van der Waals surface area contributed by atoms with Crippen molar-refractivity contribution < 1.29 is 52.4 Å². The van der Waals surface area contributed by atoms with Crippen LogP contribution in [0, 0.1) is 0 Å². The molecule has 0 aromatic heterocycles. The molecule has 0 amide bonds. The normalized spacial score (nSPS) is 11.0. The largest absolute Gasteiger partial charge is 1.00 e. The molecule has 142 valence electrons. The molecule has 0 radical (unpaired) electrons. The molecule has 0 saturated heterocycles. The van der Waals surface area contributed by atoms with E-state index in [1.165, 1.54) is 56.0 Å². The van der Waals surface area contributed by atoms with Crippen molar-refractivity contribution in [2.75, 3.05) is 0 Å². The molecule has 5 nitrogen and oxygen atoms in total. The van der Waals surface area contributed by atoms with E-state index in [9.17, 15) is 18.1 Å². The van der Waals surface area contributed by atoms with Crippen LogP contribution in [0.1, 0.15) is 51.0 Å². The molecule has 2 aromatic rings. The van der Waals surface area contributed by atoms with Gasteiger partial charge < -0.3 is 9.84 Å². The van der Waals surface area contributed by atoms with E-state index < -0.39 is 10.1 Å². The summed E-state index contributed by atoms with van der Waals surface area (Å²) < 4.78 is 38.5. The van der Waals surface area contributed by atoms with E-state index in [-0.39, 0.29) is 46.0 Å². The molecule has 7 heteroatoms. The molecule has 27 heavy (non-hydrogen) atoms. The summed E-state index contributed by atoms with van der Waals surface area (Å²) in [5.41, 5.74) is 0.843. The summed E-state index contributed by atoms with van der Waals surface area (Å²) in [6.07, 6.45) is 7.67. The molecule has 0 spiro atoms. The Bertz CT molecular complexity index is 804. The molecule has 1 N–H and O–H groups in total. The Kier molecular flexibility index (Phi) is 10.4. The Labute approximate surface area is 183 Å². The predicted molar refractivity (Wildman–Crippen MR) is 99.3 cm³/mol. The monoisotopic (exact) mass is 400 g/mol. The predicted octanol–water partition coefficient (Wildman–Crippen LogP) is 1.71. The van der Waals surface area contributed by atoms with Gasteiger partial charge in [-0.3, -0.25) is 4.55 Å². The second-order valence-electron chi connectivity index (χ2n) is 6.35. The van der Waals surface area contributed by atoms with Crippen LogP contribution in [0.25, 0.3) is 0 Å². The zero-order valence-corrected chi connectivity index (χ0v) is 18.8. The van der Waals surface area contributed by atoms with Gasteiger partial charge in [-0.2, -0.15) is 8.42 Å². The summed E-state index contributed by atoms with van der Waals surface area (Å²) in [6.45, 7) is 2.18. The number of ether oxygens (including phenoxy) is 1. The van der Waals surface area contributed by atoms with Crippen LogP contribution in [0.5, 0.6) is 17.2 Å². The molecule has 0 atom stereocenters. The Balaban J connectivity index is 0.00000364. The van der Waals surface area contributed by atoms with Crippen LogP contribution in [-0.4, -0.2) is 13.0 Å². The van der Waals surface area contributed by atoms with Crippen molar-refractivity contribution in [2.45, 2.75) is 56.8 Å². The second kappa shape index (κ2) is 11.7. The van der Waals surface area contributed by atoms with Gasteiger partial charge in [0.05, 0.1) is 0 Å². The summed E-state index contributed by atoms with van der Waals surface area (Å²) >= 11 is 0. The number of rotatable bonds is 10. The first kappa shape index (κ1) is 24.0. The van der Waals surface area contributed by atoms with E-state index in [0.717, 1.165) is 24.8 Å². The van der Waals surface area contributed by atoms with Gasteiger partial charge in [-0.05, 0) is 42.7 Å². The molecule has 0 aliphatic carbocycles. The van der Waals surface area contributed by atoms with Crippen molar-refractivity contribution in [1.29, 1.82) is 0 Å². The Morgan fingerprint density at radius 3 is 2.22 bits per heavy atom.